The number of anilines is 1. The largest absolute Gasteiger partial charge is 0.381 e. The maximum absolute atomic E-state index is 11.8. The van der Waals surface area contributed by atoms with Crippen LogP contribution in [0.3, 0.4) is 0 Å². The molecule has 2 saturated heterocycles. The summed E-state index contributed by atoms with van der Waals surface area (Å²) in [5.41, 5.74) is 7.41. The molecular weight excluding hydrogens is 306 g/mol. The van der Waals surface area contributed by atoms with Crippen LogP contribution >= 0.6 is 0 Å². The first-order valence-corrected chi connectivity index (χ1v) is 8.36. The Morgan fingerprint density at radius 3 is 2.67 bits per heavy atom. The van der Waals surface area contributed by atoms with Crippen LogP contribution in [0.5, 0.6) is 0 Å². The standard InChI is InChI=1S/C17H21N5O2/c1-9(23)22-11-2-3-12(22)7-10(6-11)21-15-13-4-5-19-17(13)20-8-14(15)16(18)24/h4-5,8,10-12H,2-3,6-7H2,1H3,(H2,18,24)(H2,19,20,21)/t10-,11-,12+. The van der Waals surface area contributed by atoms with Gasteiger partial charge in [-0.05, 0) is 31.7 Å². The molecule has 2 bridgehead atoms. The summed E-state index contributed by atoms with van der Waals surface area (Å²) in [5.74, 6) is -0.326. The molecule has 2 aromatic heterocycles. The van der Waals surface area contributed by atoms with E-state index < -0.39 is 5.91 Å². The number of primary amides is 1. The average molecular weight is 327 g/mol. The average Bonchev–Trinajstić information content (AvgIpc) is 3.10. The second kappa shape index (κ2) is 5.51. The van der Waals surface area contributed by atoms with E-state index in [1.165, 1.54) is 6.20 Å². The molecule has 7 nitrogen and oxygen atoms in total. The van der Waals surface area contributed by atoms with Crippen LogP contribution in [0.25, 0.3) is 11.0 Å². The Labute approximate surface area is 139 Å². The number of rotatable bonds is 3. The first-order valence-electron chi connectivity index (χ1n) is 8.36. The lowest BCUT2D eigenvalue weighted by atomic mass is 9.96. The molecule has 2 amide bonds. The van der Waals surface area contributed by atoms with Crippen molar-refractivity contribution in [2.75, 3.05) is 5.32 Å². The van der Waals surface area contributed by atoms with Gasteiger partial charge in [0.05, 0.1) is 11.3 Å². The molecule has 126 valence electrons. The zero-order chi connectivity index (χ0) is 16.8. The Morgan fingerprint density at radius 1 is 1.33 bits per heavy atom. The van der Waals surface area contributed by atoms with Crippen molar-refractivity contribution >= 4 is 28.5 Å². The predicted molar refractivity (Wildman–Crippen MR) is 90.6 cm³/mol. The van der Waals surface area contributed by atoms with E-state index >= 15 is 0 Å². The van der Waals surface area contributed by atoms with Crippen molar-refractivity contribution in [3.63, 3.8) is 0 Å². The Morgan fingerprint density at radius 2 is 2.04 bits per heavy atom. The minimum absolute atomic E-state index is 0.163. The number of H-pyrrole nitrogens is 1. The van der Waals surface area contributed by atoms with Gasteiger partial charge in [0.2, 0.25) is 5.91 Å². The van der Waals surface area contributed by atoms with Crippen LogP contribution in [-0.2, 0) is 4.79 Å². The summed E-state index contributed by atoms with van der Waals surface area (Å²) in [6, 6.07) is 2.70. The number of hydrogen-bond acceptors (Lipinski definition) is 4. The van der Waals surface area contributed by atoms with Gasteiger partial charge in [-0.25, -0.2) is 4.98 Å². The van der Waals surface area contributed by atoms with Crippen LogP contribution in [0.2, 0.25) is 0 Å². The van der Waals surface area contributed by atoms with Crippen molar-refractivity contribution < 1.29 is 9.59 Å². The van der Waals surface area contributed by atoms with Gasteiger partial charge in [0.1, 0.15) is 5.65 Å². The highest BCUT2D eigenvalue weighted by Gasteiger charge is 2.42. The molecule has 2 aromatic rings. The van der Waals surface area contributed by atoms with Gasteiger partial charge >= 0.3 is 0 Å². The number of aromatic nitrogens is 2. The van der Waals surface area contributed by atoms with Crippen LogP contribution in [0, 0.1) is 0 Å². The molecule has 4 rings (SSSR count). The first kappa shape index (κ1) is 15.0. The Balaban J connectivity index is 1.64. The summed E-state index contributed by atoms with van der Waals surface area (Å²) in [4.78, 5) is 33.0. The molecule has 0 aliphatic carbocycles. The lowest BCUT2D eigenvalue weighted by Crippen LogP contribution is -2.49. The van der Waals surface area contributed by atoms with Gasteiger partial charge in [0.15, 0.2) is 0 Å². The number of nitrogens with zero attached hydrogens (tertiary/aromatic N) is 2. The molecular formula is C17H21N5O2. The van der Waals surface area contributed by atoms with Crippen LogP contribution in [0.1, 0.15) is 43.0 Å². The van der Waals surface area contributed by atoms with Gasteiger partial charge in [-0.3, -0.25) is 9.59 Å². The Bertz CT molecular complexity index is 800. The first-order chi connectivity index (χ1) is 11.5. The van der Waals surface area contributed by atoms with Crippen LogP contribution in [-0.4, -0.2) is 44.8 Å². The molecule has 0 unspecified atom stereocenters. The lowest BCUT2D eigenvalue weighted by Gasteiger charge is -2.39. The van der Waals surface area contributed by atoms with Crippen LogP contribution < -0.4 is 11.1 Å². The number of amides is 2. The Hall–Kier alpha value is -2.57. The fourth-order valence-electron chi connectivity index (χ4n) is 4.36. The van der Waals surface area contributed by atoms with E-state index in [2.05, 4.69) is 15.3 Å². The van der Waals surface area contributed by atoms with E-state index in [4.69, 9.17) is 5.73 Å². The van der Waals surface area contributed by atoms with E-state index in [0.29, 0.717) is 17.6 Å². The topological polar surface area (TPSA) is 104 Å². The molecule has 4 N–H and O–H groups in total. The highest BCUT2D eigenvalue weighted by Crippen LogP contribution is 2.38. The minimum atomic E-state index is -0.489. The molecule has 0 saturated carbocycles. The van der Waals surface area contributed by atoms with E-state index in [-0.39, 0.29) is 11.9 Å². The maximum Gasteiger partial charge on any atom is 0.252 e. The van der Waals surface area contributed by atoms with Crippen molar-refractivity contribution in [1.82, 2.24) is 14.9 Å². The summed E-state index contributed by atoms with van der Waals surface area (Å²) in [7, 11) is 0. The number of hydrogen-bond donors (Lipinski definition) is 3. The normalized spacial score (nSPS) is 25.9. The quantitative estimate of drug-likeness (QED) is 0.796. The fourth-order valence-corrected chi connectivity index (χ4v) is 4.36. The number of fused-ring (bicyclic) bond motifs is 3. The highest BCUT2D eigenvalue weighted by molar-refractivity contribution is 6.06. The smallest absolute Gasteiger partial charge is 0.252 e. The molecule has 2 aliphatic heterocycles. The van der Waals surface area contributed by atoms with Crippen molar-refractivity contribution in [2.24, 2.45) is 5.73 Å². The maximum atomic E-state index is 11.8. The monoisotopic (exact) mass is 327 g/mol. The number of pyridine rings is 1. The summed E-state index contributed by atoms with van der Waals surface area (Å²) in [5, 5.41) is 4.39. The van der Waals surface area contributed by atoms with Crippen molar-refractivity contribution in [2.45, 2.75) is 50.7 Å². The van der Waals surface area contributed by atoms with E-state index in [9.17, 15) is 9.59 Å². The van der Waals surface area contributed by atoms with Crippen LogP contribution in [0.15, 0.2) is 18.5 Å². The molecule has 0 radical (unpaired) electrons. The molecule has 24 heavy (non-hydrogen) atoms. The number of nitrogens with two attached hydrogens (primary N) is 1. The number of aromatic amines is 1. The zero-order valence-corrected chi connectivity index (χ0v) is 13.6. The van der Waals surface area contributed by atoms with Crippen molar-refractivity contribution in [3.8, 4) is 0 Å². The molecule has 2 fully saturated rings. The van der Waals surface area contributed by atoms with E-state index in [0.717, 1.165) is 42.4 Å². The second-order valence-corrected chi connectivity index (χ2v) is 6.78. The van der Waals surface area contributed by atoms with Gasteiger partial charge in [0.25, 0.3) is 5.91 Å². The molecule has 4 heterocycles. The summed E-state index contributed by atoms with van der Waals surface area (Å²) < 4.78 is 0. The lowest BCUT2D eigenvalue weighted by molar-refractivity contribution is -0.133. The third-order valence-corrected chi connectivity index (χ3v) is 5.30. The molecule has 7 heteroatoms. The molecule has 0 aromatic carbocycles. The van der Waals surface area contributed by atoms with Crippen molar-refractivity contribution in [1.29, 1.82) is 0 Å². The number of carbonyl (C=O) groups is 2. The summed E-state index contributed by atoms with van der Waals surface area (Å²) in [6.07, 6.45) is 7.21. The SMILES string of the molecule is CC(=O)N1[C@@H]2CC[C@H]1C[C@H](Nc1c(C(N)=O)cnc3[nH]ccc13)C2. The fraction of sp³-hybridized carbons (Fsp3) is 0.471. The Kier molecular flexibility index (Phi) is 3.44. The van der Waals surface area contributed by atoms with E-state index in [1.807, 2.05) is 11.0 Å². The van der Waals surface area contributed by atoms with Crippen LogP contribution in [0.4, 0.5) is 5.69 Å². The number of nitrogens with one attached hydrogen (secondary N) is 2. The van der Waals surface area contributed by atoms with Gasteiger partial charge < -0.3 is 20.9 Å². The molecule has 0 spiro atoms. The second-order valence-electron chi connectivity index (χ2n) is 6.78. The van der Waals surface area contributed by atoms with Gasteiger partial charge in [-0.1, -0.05) is 0 Å². The van der Waals surface area contributed by atoms with Gasteiger partial charge in [-0.15, -0.1) is 0 Å². The third kappa shape index (κ3) is 2.31. The third-order valence-electron chi connectivity index (χ3n) is 5.30. The summed E-state index contributed by atoms with van der Waals surface area (Å²) in [6.45, 7) is 1.65. The minimum Gasteiger partial charge on any atom is -0.381 e. The van der Waals surface area contributed by atoms with Crippen molar-refractivity contribution in [3.05, 3.63) is 24.0 Å². The molecule has 2 aliphatic rings. The van der Waals surface area contributed by atoms with E-state index in [1.54, 1.807) is 13.1 Å². The van der Waals surface area contributed by atoms with Gasteiger partial charge in [0, 0.05) is 42.8 Å². The van der Waals surface area contributed by atoms with Gasteiger partial charge in [-0.2, -0.15) is 0 Å². The molecule has 3 atom stereocenters. The highest BCUT2D eigenvalue weighted by atomic mass is 16.2. The number of carbonyl (C=O) groups excluding carboxylic acids is 2. The summed E-state index contributed by atoms with van der Waals surface area (Å²) >= 11 is 0. The number of piperidine rings is 1. The zero-order valence-electron chi connectivity index (χ0n) is 13.6. The predicted octanol–water partition coefficient (Wildman–Crippen LogP) is 1.62.